The monoisotopic (exact) mass is 366 g/mol. The number of aromatic nitrogens is 2. The zero-order valence-electron chi connectivity index (χ0n) is 13.6. The fraction of sp³-hybridized carbons (Fsp3) is 0.200. The first-order valence-electron chi connectivity index (χ1n) is 6.93. The van der Waals surface area contributed by atoms with Crippen LogP contribution >= 0.6 is 11.6 Å². The third-order valence-corrected chi connectivity index (χ3v) is 3.30. The number of H-pyrrole nitrogens is 1. The second-order valence-corrected chi connectivity index (χ2v) is 5.02. The van der Waals surface area contributed by atoms with E-state index in [1.54, 1.807) is 12.1 Å². The van der Waals surface area contributed by atoms with E-state index in [0.717, 1.165) is 0 Å². The van der Waals surface area contributed by atoms with Crippen molar-refractivity contribution in [2.24, 2.45) is 5.10 Å². The third kappa shape index (κ3) is 4.48. The molecule has 0 saturated carbocycles. The average Bonchev–Trinajstić information content (AvgIpc) is 2.59. The molecule has 0 amide bonds. The van der Waals surface area contributed by atoms with Gasteiger partial charge in [0.2, 0.25) is 5.75 Å². The number of nitrogens with one attached hydrogen (secondary N) is 2. The molecule has 9 nitrogen and oxygen atoms in total. The molecule has 0 unspecified atom stereocenters. The number of ether oxygens (including phenoxy) is 3. The van der Waals surface area contributed by atoms with Crippen molar-refractivity contribution in [1.82, 2.24) is 10.2 Å². The van der Waals surface area contributed by atoms with E-state index in [2.05, 4.69) is 20.7 Å². The van der Waals surface area contributed by atoms with Crippen LogP contribution in [0.4, 0.5) is 5.69 Å². The number of aromatic amines is 1. The molecule has 0 aliphatic rings. The maximum atomic E-state index is 11.3. The molecule has 1 heterocycles. The molecule has 2 rings (SSSR count). The van der Waals surface area contributed by atoms with Crippen molar-refractivity contribution in [3.05, 3.63) is 39.3 Å². The molecule has 0 fully saturated rings. The Balaban J connectivity index is 2.28. The first-order chi connectivity index (χ1) is 12.0. The minimum atomic E-state index is -0.532. The Hall–Kier alpha value is -3.07. The van der Waals surface area contributed by atoms with Crippen LogP contribution in [0, 0.1) is 0 Å². The van der Waals surface area contributed by atoms with E-state index in [-0.39, 0.29) is 16.5 Å². The normalized spacial score (nSPS) is 10.6. The molecule has 0 spiro atoms. The summed E-state index contributed by atoms with van der Waals surface area (Å²) in [5, 5.41) is 9.74. The average molecular weight is 367 g/mol. The summed E-state index contributed by atoms with van der Waals surface area (Å²) in [6.45, 7) is 1.28. The van der Waals surface area contributed by atoms with Crippen LogP contribution in [0.3, 0.4) is 0 Å². The zero-order chi connectivity index (χ0) is 18.4. The van der Waals surface area contributed by atoms with Gasteiger partial charge in [-0.25, -0.2) is 5.10 Å². The van der Waals surface area contributed by atoms with Crippen molar-refractivity contribution < 1.29 is 19.0 Å². The van der Waals surface area contributed by atoms with Crippen LogP contribution in [0.5, 0.6) is 17.2 Å². The Bertz CT molecular complexity index is 840. The molecule has 2 N–H and O–H groups in total. The summed E-state index contributed by atoms with van der Waals surface area (Å²) in [6, 6.07) is 3.20. The van der Waals surface area contributed by atoms with E-state index >= 15 is 0 Å². The van der Waals surface area contributed by atoms with Crippen LogP contribution in [-0.4, -0.2) is 36.6 Å². The van der Waals surface area contributed by atoms with Gasteiger partial charge < -0.3 is 14.2 Å². The number of rotatable bonds is 6. The molecule has 10 heteroatoms. The van der Waals surface area contributed by atoms with Crippen molar-refractivity contribution in [3.63, 3.8) is 0 Å². The predicted molar refractivity (Wildman–Crippen MR) is 91.9 cm³/mol. The van der Waals surface area contributed by atoms with E-state index in [1.165, 1.54) is 33.6 Å². The quantitative estimate of drug-likeness (QED) is 0.346. The summed E-state index contributed by atoms with van der Waals surface area (Å²) in [5.41, 5.74) is 2.92. The van der Waals surface area contributed by atoms with Gasteiger partial charge in [-0.2, -0.15) is 10.2 Å². The van der Waals surface area contributed by atoms with Gasteiger partial charge >= 0.3 is 5.97 Å². The molecule has 0 saturated heterocycles. The Morgan fingerprint density at radius 1 is 1.32 bits per heavy atom. The highest BCUT2D eigenvalue weighted by molar-refractivity contribution is 6.32. The van der Waals surface area contributed by atoms with E-state index < -0.39 is 11.5 Å². The molecule has 2 aromatic rings. The van der Waals surface area contributed by atoms with Crippen LogP contribution in [0.1, 0.15) is 12.5 Å². The predicted octanol–water partition coefficient (Wildman–Crippen LogP) is 1.81. The maximum absolute atomic E-state index is 11.3. The summed E-state index contributed by atoms with van der Waals surface area (Å²) in [4.78, 5) is 22.6. The topological polar surface area (TPSA) is 115 Å². The second kappa shape index (κ2) is 8.15. The number of halogens is 1. The van der Waals surface area contributed by atoms with Gasteiger partial charge in [0.25, 0.3) is 5.56 Å². The summed E-state index contributed by atoms with van der Waals surface area (Å²) in [7, 11) is 2.87. The lowest BCUT2D eigenvalue weighted by atomic mass is 10.2. The van der Waals surface area contributed by atoms with Crippen LogP contribution in [0.15, 0.2) is 28.2 Å². The van der Waals surface area contributed by atoms with Crippen molar-refractivity contribution in [2.45, 2.75) is 6.92 Å². The molecule has 0 aliphatic carbocycles. The van der Waals surface area contributed by atoms with Gasteiger partial charge in [-0.1, -0.05) is 11.6 Å². The zero-order valence-corrected chi connectivity index (χ0v) is 14.4. The van der Waals surface area contributed by atoms with E-state index in [0.29, 0.717) is 17.1 Å². The first-order valence-corrected chi connectivity index (χ1v) is 7.30. The lowest BCUT2D eigenvalue weighted by Crippen LogP contribution is -2.10. The van der Waals surface area contributed by atoms with Gasteiger partial charge in [0, 0.05) is 12.5 Å². The Morgan fingerprint density at radius 2 is 1.96 bits per heavy atom. The number of nitrogens with zero attached hydrogens (tertiary/aromatic N) is 2. The summed E-state index contributed by atoms with van der Waals surface area (Å²) < 4.78 is 15.5. The number of hydrazone groups is 1. The van der Waals surface area contributed by atoms with Crippen LogP contribution in [0.2, 0.25) is 5.02 Å². The highest BCUT2D eigenvalue weighted by atomic mass is 35.5. The highest BCUT2D eigenvalue weighted by Gasteiger charge is 2.15. The van der Waals surface area contributed by atoms with Crippen molar-refractivity contribution in [3.8, 4) is 17.2 Å². The fourth-order valence-corrected chi connectivity index (χ4v) is 1.99. The molecular formula is C15H15ClN4O5. The minimum Gasteiger partial charge on any atom is -0.493 e. The number of benzene rings is 1. The van der Waals surface area contributed by atoms with Crippen molar-refractivity contribution in [1.29, 1.82) is 0 Å². The van der Waals surface area contributed by atoms with Gasteiger partial charge in [-0.05, 0) is 12.1 Å². The largest absolute Gasteiger partial charge is 0.493 e. The standard InChI is InChI=1S/C15H15ClN4O5/c1-8(21)25-14-11(23-2)4-9(5-12(14)24-3)6-17-19-10-7-18-20-15(22)13(10)16/h4-7H,1-3H3,(H2,19,20,22)/b17-6-. The number of hydrogen-bond donors (Lipinski definition) is 2. The molecule has 0 bridgehead atoms. The molecule has 0 atom stereocenters. The number of anilines is 1. The lowest BCUT2D eigenvalue weighted by Gasteiger charge is -2.13. The maximum Gasteiger partial charge on any atom is 0.308 e. The number of carbonyl (C=O) groups excluding carboxylic acids is 1. The Labute approximate surface area is 147 Å². The molecule has 0 radical (unpaired) electrons. The number of esters is 1. The minimum absolute atomic E-state index is 0.0625. The van der Waals surface area contributed by atoms with Gasteiger partial charge in [0.05, 0.1) is 26.6 Å². The van der Waals surface area contributed by atoms with Gasteiger partial charge in [-0.15, -0.1) is 0 Å². The summed E-state index contributed by atoms with van der Waals surface area (Å²) >= 11 is 5.83. The first kappa shape index (κ1) is 18.3. The van der Waals surface area contributed by atoms with Gasteiger partial charge in [0.1, 0.15) is 10.7 Å². The molecule has 1 aromatic heterocycles. The SMILES string of the molecule is COc1cc(/C=N\Nc2cn[nH]c(=O)c2Cl)cc(OC)c1OC(C)=O. The molecule has 25 heavy (non-hydrogen) atoms. The molecule has 0 aliphatic heterocycles. The molecule has 132 valence electrons. The number of hydrogen-bond acceptors (Lipinski definition) is 8. The highest BCUT2D eigenvalue weighted by Crippen LogP contribution is 2.38. The lowest BCUT2D eigenvalue weighted by molar-refractivity contribution is -0.132. The Morgan fingerprint density at radius 3 is 2.52 bits per heavy atom. The summed E-state index contributed by atoms with van der Waals surface area (Å²) in [5.74, 6) is 0.263. The van der Waals surface area contributed by atoms with Crippen LogP contribution in [0.25, 0.3) is 0 Å². The summed E-state index contributed by atoms with van der Waals surface area (Å²) in [6.07, 6.45) is 2.77. The fourth-order valence-electron chi connectivity index (χ4n) is 1.86. The number of methoxy groups -OCH3 is 2. The smallest absolute Gasteiger partial charge is 0.308 e. The van der Waals surface area contributed by atoms with E-state index in [1.807, 2.05) is 0 Å². The van der Waals surface area contributed by atoms with Crippen molar-refractivity contribution >= 4 is 29.5 Å². The van der Waals surface area contributed by atoms with E-state index in [4.69, 9.17) is 25.8 Å². The molecule has 1 aromatic carbocycles. The van der Waals surface area contributed by atoms with Gasteiger partial charge in [-0.3, -0.25) is 15.0 Å². The number of carbonyl (C=O) groups is 1. The van der Waals surface area contributed by atoms with Crippen LogP contribution in [-0.2, 0) is 4.79 Å². The second-order valence-electron chi connectivity index (χ2n) is 4.64. The van der Waals surface area contributed by atoms with Crippen LogP contribution < -0.4 is 25.2 Å². The Kier molecular flexibility index (Phi) is 5.96. The third-order valence-electron chi connectivity index (χ3n) is 2.92. The van der Waals surface area contributed by atoms with Crippen molar-refractivity contribution in [2.75, 3.05) is 19.6 Å². The van der Waals surface area contributed by atoms with E-state index in [9.17, 15) is 9.59 Å². The molecular weight excluding hydrogens is 352 g/mol. The van der Waals surface area contributed by atoms with Gasteiger partial charge in [0.15, 0.2) is 11.5 Å².